The van der Waals surface area contributed by atoms with Crippen molar-refractivity contribution in [2.24, 2.45) is 0 Å². The summed E-state index contributed by atoms with van der Waals surface area (Å²) in [6.07, 6.45) is 2.45. The van der Waals surface area contributed by atoms with Crippen LogP contribution < -0.4 is 5.32 Å². The zero-order valence-corrected chi connectivity index (χ0v) is 16.3. The fourth-order valence-corrected chi connectivity index (χ4v) is 3.75. The summed E-state index contributed by atoms with van der Waals surface area (Å²) in [6.45, 7) is 14.5. The number of likely N-dealkylation sites (tertiary alicyclic amines) is 1. The smallest absolute Gasteiger partial charge is 0.0648 e. The van der Waals surface area contributed by atoms with E-state index in [4.69, 9.17) is 5.10 Å². The van der Waals surface area contributed by atoms with Gasteiger partial charge in [0.25, 0.3) is 0 Å². The molecule has 0 saturated carbocycles. The maximum absolute atomic E-state index is 4.76. The molecule has 0 spiro atoms. The van der Waals surface area contributed by atoms with Crippen molar-refractivity contribution in [3.05, 3.63) is 47.3 Å². The van der Waals surface area contributed by atoms with E-state index in [0.29, 0.717) is 6.04 Å². The number of hydrogen-bond donors (Lipinski definition) is 1. The Hall–Kier alpha value is -1.65. The molecule has 1 aromatic carbocycles. The van der Waals surface area contributed by atoms with E-state index >= 15 is 0 Å². The van der Waals surface area contributed by atoms with Crippen LogP contribution in [-0.2, 0) is 6.54 Å². The lowest BCUT2D eigenvalue weighted by atomic mass is 9.98. The van der Waals surface area contributed by atoms with Crippen LogP contribution in [0, 0.1) is 13.8 Å². The largest absolute Gasteiger partial charge is 0.310 e. The molecule has 0 radical (unpaired) electrons. The lowest BCUT2D eigenvalue weighted by molar-refractivity contribution is 0.0960. The summed E-state index contributed by atoms with van der Waals surface area (Å²) in [4.78, 5) is 2.59. The molecule has 2 aromatic rings. The zero-order valence-electron chi connectivity index (χ0n) is 16.3. The highest BCUT2D eigenvalue weighted by Gasteiger charge is 2.27. The van der Waals surface area contributed by atoms with Crippen LogP contribution in [0.3, 0.4) is 0 Å². The van der Waals surface area contributed by atoms with Gasteiger partial charge in [0.2, 0.25) is 0 Å². The summed E-state index contributed by atoms with van der Waals surface area (Å²) in [6, 6.07) is 11.0. The number of aromatic nitrogens is 2. The predicted octanol–water partition coefficient (Wildman–Crippen LogP) is 3.84. The van der Waals surface area contributed by atoms with Gasteiger partial charge < -0.3 is 5.32 Å². The Balaban J connectivity index is 1.62. The van der Waals surface area contributed by atoms with Crippen LogP contribution in [0.5, 0.6) is 0 Å². The van der Waals surface area contributed by atoms with E-state index in [1.54, 1.807) is 0 Å². The first-order valence-electron chi connectivity index (χ1n) is 9.45. The summed E-state index contributed by atoms with van der Waals surface area (Å²) in [5, 5.41) is 8.53. The highest BCUT2D eigenvalue weighted by atomic mass is 15.3. The van der Waals surface area contributed by atoms with Gasteiger partial charge in [-0.3, -0.25) is 4.90 Å². The average molecular weight is 341 g/mol. The molecule has 25 heavy (non-hydrogen) atoms. The monoisotopic (exact) mass is 340 g/mol. The molecule has 1 saturated heterocycles. The Bertz CT molecular complexity index is 689. The van der Waals surface area contributed by atoms with Gasteiger partial charge in [-0.05, 0) is 59.6 Å². The van der Waals surface area contributed by atoms with E-state index in [1.165, 1.54) is 37.2 Å². The van der Waals surface area contributed by atoms with Crippen molar-refractivity contribution in [1.82, 2.24) is 20.0 Å². The lowest BCUT2D eigenvalue weighted by Crippen LogP contribution is -2.49. The van der Waals surface area contributed by atoms with E-state index in [0.717, 1.165) is 17.9 Å². The number of piperidine rings is 1. The van der Waals surface area contributed by atoms with Gasteiger partial charge in [-0.15, -0.1) is 0 Å². The highest BCUT2D eigenvalue weighted by Crippen LogP contribution is 2.22. The second kappa shape index (κ2) is 7.30. The van der Waals surface area contributed by atoms with E-state index in [9.17, 15) is 0 Å². The standard InChI is InChI=1S/C21H32N4/c1-16-20(17(2)25(23-16)19-9-7-6-8-10-19)15-22-18-11-13-24(14-12-18)21(3,4)5/h6-10,18,22H,11-15H2,1-5H3. The van der Waals surface area contributed by atoms with Crippen LogP contribution in [0.2, 0.25) is 0 Å². The molecule has 1 aliphatic rings. The van der Waals surface area contributed by atoms with Gasteiger partial charge in [-0.2, -0.15) is 5.10 Å². The van der Waals surface area contributed by atoms with Crippen LogP contribution in [0.15, 0.2) is 30.3 Å². The van der Waals surface area contributed by atoms with Crippen LogP contribution in [0.25, 0.3) is 5.69 Å². The second-order valence-corrected chi connectivity index (χ2v) is 8.21. The van der Waals surface area contributed by atoms with Gasteiger partial charge >= 0.3 is 0 Å². The summed E-state index contributed by atoms with van der Waals surface area (Å²) in [5.41, 5.74) is 5.12. The van der Waals surface area contributed by atoms with Gasteiger partial charge in [0.15, 0.2) is 0 Å². The minimum atomic E-state index is 0.287. The van der Waals surface area contributed by atoms with Gasteiger partial charge in [-0.25, -0.2) is 4.68 Å². The number of hydrogen-bond acceptors (Lipinski definition) is 3. The number of nitrogens with one attached hydrogen (secondary N) is 1. The van der Waals surface area contributed by atoms with Crippen molar-refractivity contribution in [3.8, 4) is 5.69 Å². The molecule has 0 atom stereocenters. The minimum Gasteiger partial charge on any atom is -0.310 e. The van der Waals surface area contributed by atoms with Crippen LogP contribution >= 0.6 is 0 Å². The van der Waals surface area contributed by atoms with Crippen molar-refractivity contribution >= 4 is 0 Å². The number of nitrogens with zero attached hydrogens (tertiary/aromatic N) is 3. The number of para-hydroxylation sites is 1. The van der Waals surface area contributed by atoms with Gasteiger partial charge in [-0.1, -0.05) is 18.2 Å². The van der Waals surface area contributed by atoms with Crippen LogP contribution in [0.4, 0.5) is 0 Å². The molecular weight excluding hydrogens is 308 g/mol. The molecule has 0 aliphatic carbocycles. The molecule has 4 nitrogen and oxygen atoms in total. The predicted molar refractivity (Wildman–Crippen MR) is 104 cm³/mol. The maximum Gasteiger partial charge on any atom is 0.0648 e. The summed E-state index contributed by atoms with van der Waals surface area (Å²) < 4.78 is 2.06. The minimum absolute atomic E-state index is 0.287. The highest BCUT2D eigenvalue weighted by molar-refractivity contribution is 5.36. The molecule has 1 aliphatic heterocycles. The van der Waals surface area contributed by atoms with Crippen LogP contribution in [0.1, 0.15) is 50.6 Å². The molecule has 1 N–H and O–H groups in total. The van der Waals surface area contributed by atoms with Crippen molar-refractivity contribution in [2.45, 2.75) is 65.6 Å². The van der Waals surface area contributed by atoms with Crippen molar-refractivity contribution in [2.75, 3.05) is 13.1 Å². The molecule has 4 heteroatoms. The summed E-state index contributed by atoms with van der Waals surface area (Å²) in [7, 11) is 0. The SMILES string of the molecule is Cc1nn(-c2ccccc2)c(C)c1CNC1CCN(C(C)(C)C)CC1. The first-order chi connectivity index (χ1) is 11.9. The van der Waals surface area contributed by atoms with E-state index < -0.39 is 0 Å². The molecule has 1 aromatic heterocycles. The fourth-order valence-electron chi connectivity index (χ4n) is 3.75. The average Bonchev–Trinajstić information content (AvgIpc) is 2.88. The zero-order chi connectivity index (χ0) is 18.0. The van der Waals surface area contributed by atoms with Crippen molar-refractivity contribution in [1.29, 1.82) is 0 Å². The van der Waals surface area contributed by atoms with Crippen molar-refractivity contribution < 1.29 is 0 Å². The molecule has 0 amide bonds. The Morgan fingerprint density at radius 1 is 1.08 bits per heavy atom. The third-order valence-electron chi connectivity index (χ3n) is 5.45. The fraction of sp³-hybridized carbons (Fsp3) is 0.571. The molecule has 0 bridgehead atoms. The van der Waals surface area contributed by atoms with Crippen LogP contribution in [-0.4, -0.2) is 39.4 Å². The van der Waals surface area contributed by atoms with E-state index in [2.05, 4.69) is 73.8 Å². The third kappa shape index (κ3) is 4.13. The quantitative estimate of drug-likeness (QED) is 0.918. The lowest BCUT2D eigenvalue weighted by Gasteiger charge is -2.41. The molecule has 2 heterocycles. The van der Waals surface area contributed by atoms with E-state index in [1.807, 2.05) is 6.07 Å². The van der Waals surface area contributed by atoms with Gasteiger partial charge in [0.1, 0.15) is 0 Å². The Labute approximate surface area is 152 Å². The topological polar surface area (TPSA) is 33.1 Å². The third-order valence-corrected chi connectivity index (χ3v) is 5.45. The Morgan fingerprint density at radius 3 is 2.32 bits per heavy atom. The normalized spacial score (nSPS) is 17.2. The number of rotatable bonds is 4. The molecule has 3 rings (SSSR count). The number of aryl methyl sites for hydroxylation is 1. The van der Waals surface area contributed by atoms with Gasteiger partial charge in [0, 0.05) is 42.5 Å². The summed E-state index contributed by atoms with van der Waals surface area (Å²) in [5.74, 6) is 0. The first-order valence-corrected chi connectivity index (χ1v) is 9.45. The van der Waals surface area contributed by atoms with Gasteiger partial charge in [0.05, 0.1) is 11.4 Å². The Morgan fingerprint density at radius 2 is 1.72 bits per heavy atom. The second-order valence-electron chi connectivity index (χ2n) is 8.21. The maximum atomic E-state index is 4.76. The van der Waals surface area contributed by atoms with E-state index in [-0.39, 0.29) is 5.54 Å². The molecule has 0 unspecified atom stereocenters. The van der Waals surface area contributed by atoms with Crippen molar-refractivity contribution in [3.63, 3.8) is 0 Å². The molecule has 1 fully saturated rings. The summed E-state index contributed by atoms with van der Waals surface area (Å²) >= 11 is 0. The number of benzene rings is 1. The molecular formula is C21H32N4. The molecule has 136 valence electrons. The Kier molecular flexibility index (Phi) is 5.30. The first kappa shape index (κ1) is 18.2.